The molecule has 1 saturated heterocycles. The van der Waals surface area contributed by atoms with Crippen molar-refractivity contribution in [2.24, 2.45) is 0 Å². The number of nitrogens with zero attached hydrogens (tertiary/aromatic N) is 5. The Hall–Kier alpha value is -4.07. The standard InChI is InChI=1S/C29H37F2N7O5/c1-29(2,3)43-28(40)32-17-23(39)33-18-8-10-19(11-9-18)42-24-16-22(35-27(36-24)37-12-14-41-15-13-37)38-21-7-5-4-6-20(21)34-26(38)25(30)31/h4-7,16,18-19,25H,8-15,17H2,1-3H3,(H,32,40)(H,33,39)/t18-,19-. The van der Waals surface area contributed by atoms with Gasteiger partial charge < -0.3 is 29.7 Å². The number of rotatable bonds is 8. The molecule has 0 spiro atoms. The molecule has 12 nitrogen and oxygen atoms in total. The van der Waals surface area contributed by atoms with E-state index in [-0.39, 0.29) is 36.3 Å². The molecule has 0 atom stereocenters. The Morgan fingerprint density at radius 2 is 1.79 bits per heavy atom. The Balaban J connectivity index is 1.28. The minimum atomic E-state index is -2.82. The molecule has 14 heteroatoms. The molecule has 0 unspecified atom stereocenters. The predicted octanol–water partition coefficient (Wildman–Crippen LogP) is 3.92. The van der Waals surface area contributed by atoms with Crippen LogP contribution in [0.1, 0.15) is 58.7 Å². The molecule has 2 amide bonds. The third-order valence-corrected chi connectivity index (χ3v) is 7.10. The number of hydrogen-bond donors (Lipinski definition) is 2. The number of anilines is 1. The van der Waals surface area contributed by atoms with E-state index in [4.69, 9.17) is 14.2 Å². The van der Waals surface area contributed by atoms with Crippen LogP contribution in [0.25, 0.3) is 16.9 Å². The summed E-state index contributed by atoms with van der Waals surface area (Å²) < 4.78 is 46.5. The quantitative estimate of drug-likeness (QED) is 0.394. The first-order valence-electron chi connectivity index (χ1n) is 14.5. The molecule has 0 bridgehead atoms. The second kappa shape index (κ2) is 13.1. The first kappa shape index (κ1) is 30.4. The summed E-state index contributed by atoms with van der Waals surface area (Å²) >= 11 is 0. The zero-order valence-corrected chi connectivity index (χ0v) is 24.5. The van der Waals surface area contributed by atoms with Crippen molar-refractivity contribution in [3.05, 3.63) is 36.2 Å². The number of ether oxygens (including phenoxy) is 3. The van der Waals surface area contributed by atoms with Crippen LogP contribution in [0.15, 0.2) is 30.3 Å². The number of nitrogens with one attached hydrogen (secondary N) is 2. The number of fused-ring (bicyclic) bond motifs is 1. The topological polar surface area (TPSA) is 133 Å². The van der Waals surface area contributed by atoms with Crippen LogP contribution in [-0.4, -0.2) is 82.1 Å². The van der Waals surface area contributed by atoms with Crippen molar-refractivity contribution in [3.8, 4) is 11.7 Å². The number of imidazole rings is 1. The highest BCUT2D eigenvalue weighted by molar-refractivity contribution is 5.82. The number of benzene rings is 1. The van der Waals surface area contributed by atoms with Crippen molar-refractivity contribution >= 4 is 29.0 Å². The number of carbonyl (C=O) groups is 2. The zero-order valence-electron chi connectivity index (χ0n) is 24.5. The molecule has 2 N–H and O–H groups in total. The van der Waals surface area contributed by atoms with E-state index in [9.17, 15) is 18.4 Å². The largest absolute Gasteiger partial charge is 0.474 e. The number of amides is 2. The van der Waals surface area contributed by atoms with E-state index in [1.807, 2.05) is 4.90 Å². The molecule has 2 aromatic heterocycles. The number of alkyl carbamates (subject to hydrolysis) is 1. The summed E-state index contributed by atoms with van der Waals surface area (Å²) in [7, 11) is 0. The summed E-state index contributed by atoms with van der Waals surface area (Å²) in [6, 6.07) is 8.43. The van der Waals surface area contributed by atoms with Crippen LogP contribution >= 0.6 is 0 Å². The number of aromatic nitrogens is 4. The lowest BCUT2D eigenvalue weighted by Gasteiger charge is -2.30. The molecule has 5 rings (SSSR count). The molecule has 43 heavy (non-hydrogen) atoms. The van der Waals surface area contributed by atoms with E-state index >= 15 is 0 Å². The van der Waals surface area contributed by atoms with Gasteiger partial charge in [0.1, 0.15) is 24.1 Å². The van der Waals surface area contributed by atoms with Gasteiger partial charge in [0.2, 0.25) is 17.7 Å². The third-order valence-electron chi connectivity index (χ3n) is 7.10. The van der Waals surface area contributed by atoms with Gasteiger partial charge >= 0.3 is 6.09 Å². The number of hydrogen-bond acceptors (Lipinski definition) is 9. The van der Waals surface area contributed by atoms with Gasteiger partial charge in [-0.2, -0.15) is 9.97 Å². The molecule has 3 heterocycles. The van der Waals surface area contributed by atoms with Crippen LogP contribution < -0.4 is 20.3 Å². The molecule has 232 valence electrons. The van der Waals surface area contributed by atoms with E-state index in [2.05, 4.69) is 25.6 Å². The van der Waals surface area contributed by atoms with Crippen molar-refractivity contribution in [1.82, 2.24) is 30.2 Å². The van der Waals surface area contributed by atoms with E-state index in [0.717, 1.165) is 0 Å². The van der Waals surface area contributed by atoms with Crippen LogP contribution in [-0.2, 0) is 14.3 Å². The van der Waals surface area contributed by atoms with E-state index in [1.165, 1.54) is 4.57 Å². The molecule has 3 aromatic rings. The molecule has 1 aliphatic heterocycles. The number of para-hydroxylation sites is 2. The van der Waals surface area contributed by atoms with Gasteiger partial charge in [-0.05, 0) is 58.6 Å². The Morgan fingerprint density at radius 3 is 2.49 bits per heavy atom. The molecular formula is C29H37F2N7O5. The maximum Gasteiger partial charge on any atom is 0.408 e. The Bertz CT molecular complexity index is 1430. The van der Waals surface area contributed by atoms with Crippen LogP contribution in [0.3, 0.4) is 0 Å². The van der Waals surface area contributed by atoms with Crippen molar-refractivity contribution in [2.45, 2.75) is 70.6 Å². The zero-order chi connectivity index (χ0) is 30.6. The van der Waals surface area contributed by atoms with Gasteiger partial charge in [0.25, 0.3) is 6.43 Å². The molecule has 0 radical (unpaired) electrons. The molecule has 2 fully saturated rings. The molecule has 2 aliphatic rings. The molecular weight excluding hydrogens is 564 g/mol. The molecule has 1 saturated carbocycles. The average Bonchev–Trinajstić information content (AvgIpc) is 3.37. The SMILES string of the molecule is CC(C)(C)OC(=O)NCC(=O)N[C@H]1CC[C@H](Oc2cc(-n3c(C(F)F)nc4ccccc43)nc(N3CCOCC3)n2)CC1. The Kier molecular flexibility index (Phi) is 9.23. The monoisotopic (exact) mass is 601 g/mol. The van der Waals surface area contributed by atoms with E-state index < -0.39 is 23.9 Å². The fourth-order valence-corrected chi connectivity index (χ4v) is 5.15. The third kappa shape index (κ3) is 7.86. The lowest BCUT2D eigenvalue weighted by atomic mass is 9.93. The average molecular weight is 602 g/mol. The van der Waals surface area contributed by atoms with Crippen molar-refractivity contribution in [2.75, 3.05) is 37.7 Å². The van der Waals surface area contributed by atoms with Crippen LogP contribution in [0.2, 0.25) is 0 Å². The maximum absolute atomic E-state index is 14.1. The highest BCUT2D eigenvalue weighted by atomic mass is 19.3. The second-order valence-electron chi connectivity index (χ2n) is 11.6. The van der Waals surface area contributed by atoms with Crippen molar-refractivity contribution in [1.29, 1.82) is 0 Å². The van der Waals surface area contributed by atoms with E-state index in [0.29, 0.717) is 69.0 Å². The number of halogens is 2. The summed E-state index contributed by atoms with van der Waals surface area (Å²) in [4.78, 5) is 39.6. The van der Waals surface area contributed by atoms with Crippen molar-refractivity contribution < 1.29 is 32.6 Å². The van der Waals surface area contributed by atoms with Crippen LogP contribution in [0.4, 0.5) is 19.5 Å². The normalized spacial score (nSPS) is 19.3. The summed E-state index contributed by atoms with van der Waals surface area (Å²) in [6.45, 7) is 7.19. The van der Waals surface area contributed by atoms with Gasteiger partial charge in [-0.25, -0.2) is 18.6 Å². The highest BCUT2D eigenvalue weighted by Gasteiger charge is 2.27. The van der Waals surface area contributed by atoms with Crippen LogP contribution in [0.5, 0.6) is 5.88 Å². The molecule has 1 aliphatic carbocycles. The van der Waals surface area contributed by atoms with Crippen LogP contribution in [0, 0.1) is 0 Å². The van der Waals surface area contributed by atoms with Gasteiger partial charge in [0.05, 0.1) is 24.2 Å². The molecule has 1 aromatic carbocycles. The maximum atomic E-state index is 14.1. The number of carbonyl (C=O) groups excluding carboxylic acids is 2. The summed E-state index contributed by atoms with van der Waals surface area (Å²) in [6.07, 6.45) is -1.03. The first-order chi connectivity index (χ1) is 20.6. The first-order valence-corrected chi connectivity index (χ1v) is 14.5. The Labute approximate surface area is 248 Å². The fourth-order valence-electron chi connectivity index (χ4n) is 5.15. The van der Waals surface area contributed by atoms with E-state index in [1.54, 1.807) is 51.1 Å². The smallest absolute Gasteiger partial charge is 0.408 e. The van der Waals surface area contributed by atoms with Gasteiger partial charge in [0, 0.05) is 25.2 Å². The fraction of sp³-hybridized carbons (Fsp3) is 0.552. The summed E-state index contributed by atoms with van der Waals surface area (Å²) in [5.74, 6) is 0.184. The second-order valence-corrected chi connectivity index (χ2v) is 11.6. The summed E-state index contributed by atoms with van der Waals surface area (Å²) in [5, 5.41) is 5.41. The lowest BCUT2D eigenvalue weighted by Crippen LogP contribution is -2.45. The van der Waals surface area contributed by atoms with Gasteiger partial charge in [-0.1, -0.05) is 12.1 Å². The lowest BCUT2D eigenvalue weighted by molar-refractivity contribution is -0.121. The van der Waals surface area contributed by atoms with Gasteiger partial charge in [-0.3, -0.25) is 9.36 Å². The summed E-state index contributed by atoms with van der Waals surface area (Å²) in [5.41, 5.74) is 0.297. The van der Waals surface area contributed by atoms with Gasteiger partial charge in [-0.15, -0.1) is 0 Å². The number of morpholine rings is 1. The highest BCUT2D eigenvalue weighted by Crippen LogP contribution is 2.31. The predicted molar refractivity (Wildman–Crippen MR) is 154 cm³/mol. The minimum Gasteiger partial charge on any atom is -0.474 e. The Morgan fingerprint density at radius 1 is 1.07 bits per heavy atom. The number of alkyl halides is 2. The van der Waals surface area contributed by atoms with Gasteiger partial charge in [0.15, 0.2) is 5.82 Å². The minimum absolute atomic E-state index is 0.0661. The van der Waals surface area contributed by atoms with Crippen molar-refractivity contribution in [3.63, 3.8) is 0 Å².